The molecule has 0 aromatic heterocycles. The van der Waals surface area contributed by atoms with Crippen molar-refractivity contribution in [3.8, 4) is 5.75 Å². The van der Waals surface area contributed by atoms with Crippen LogP contribution in [0.25, 0.3) is 0 Å². The highest BCUT2D eigenvalue weighted by molar-refractivity contribution is 7.92. The van der Waals surface area contributed by atoms with Crippen LogP contribution in [0.4, 0.5) is 5.69 Å². The molecular weight excluding hydrogens is 408 g/mol. The van der Waals surface area contributed by atoms with Gasteiger partial charge in [0.05, 0.1) is 35.4 Å². The highest BCUT2D eigenvalue weighted by Crippen LogP contribution is 2.26. The van der Waals surface area contributed by atoms with Gasteiger partial charge in [-0.15, -0.1) is 0 Å². The van der Waals surface area contributed by atoms with Crippen molar-refractivity contribution >= 4 is 27.6 Å². The second-order valence-electron chi connectivity index (χ2n) is 6.79. The number of anilines is 1. The average Bonchev–Trinajstić information content (AvgIpc) is 2.68. The van der Waals surface area contributed by atoms with Crippen molar-refractivity contribution in [3.05, 3.63) is 53.1 Å². The molecular formula is C21H26N2O6S. The molecule has 8 nitrogen and oxygen atoms in total. The van der Waals surface area contributed by atoms with Crippen LogP contribution in [0, 0.1) is 6.92 Å². The molecule has 2 N–H and O–H groups in total. The van der Waals surface area contributed by atoms with Crippen LogP contribution in [-0.4, -0.2) is 40.1 Å². The predicted molar refractivity (Wildman–Crippen MR) is 114 cm³/mol. The van der Waals surface area contributed by atoms with E-state index in [4.69, 9.17) is 9.47 Å². The van der Waals surface area contributed by atoms with E-state index in [0.717, 1.165) is 0 Å². The van der Waals surface area contributed by atoms with Gasteiger partial charge in [-0.3, -0.25) is 9.52 Å². The summed E-state index contributed by atoms with van der Waals surface area (Å²) in [6, 6.07) is 8.56. The summed E-state index contributed by atoms with van der Waals surface area (Å²) in [5.74, 6) is -0.722. The Bertz CT molecular complexity index is 1050. The fourth-order valence-electron chi connectivity index (χ4n) is 2.75. The molecule has 0 atom stereocenters. The molecule has 0 spiro atoms. The van der Waals surface area contributed by atoms with E-state index in [-0.39, 0.29) is 40.1 Å². The van der Waals surface area contributed by atoms with Gasteiger partial charge in [-0.25, -0.2) is 13.2 Å². The Kier molecular flexibility index (Phi) is 7.44. The molecule has 0 aliphatic heterocycles. The van der Waals surface area contributed by atoms with E-state index in [2.05, 4.69) is 10.0 Å². The Morgan fingerprint density at radius 2 is 1.80 bits per heavy atom. The van der Waals surface area contributed by atoms with Crippen molar-refractivity contribution in [2.24, 2.45) is 0 Å². The molecule has 2 aromatic carbocycles. The number of carbonyl (C=O) groups is 2. The molecule has 0 aliphatic rings. The zero-order valence-electron chi connectivity index (χ0n) is 17.6. The number of carbonyl (C=O) groups excluding carboxylic acids is 2. The van der Waals surface area contributed by atoms with Crippen LogP contribution >= 0.6 is 0 Å². The fraction of sp³-hybridized carbons (Fsp3) is 0.333. The van der Waals surface area contributed by atoms with E-state index in [0.29, 0.717) is 5.56 Å². The van der Waals surface area contributed by atoms with Crippen molar-refractivity contribution in [3.63, 3.8) is 0 Å². The summed E-state index contributed by atoms with van der Waals surface area (Å²) >= 11 is 0. The number of rotatable bonds is 8. The molecule has 0 bridgehead atoms. The van der Waals surface area contributed by atoms with E-state index in [1.165, 1.54) is 25.3 Å². The summed E-state index contributed by atoms with van der Waals surface area (Å²) in [5.41, 5.74) is 1.05. The average molecular weight is 435 g/mol. The van der Waals surface area contributed by atoms with Gasteiger partial charge in [0.15, 0.2) is 0 Å². The first-order valence-corrected chi connectivity index (χ1v) is 10.9. The number of benzene rings is 2. The van der Waals surface area contributed by atoms with Crippen molar-refractivity contribution < 1.29 is 27.5 Å². The lowest BCUT2D eigenvalue weighted by Gasteiger charge is -2.15. The summed E-state index contributed by atoms with van der Waals surface area (Å²) in [6.45, 7) is 7.12. The van der Waals surface area contributed by atoms with Gasteiger partial charge in [0.2, 0.25) is 0 Å². The van der Waals surface area contributed by atoms with Crippen LogP contribution in [0.5, 0.6) is 5.75 Å². The Morgan fingerprint density at radius 3 is 2.40 bits per heavy atom. The normalized spacial score (nSPS) is 11.1. The molecule has 0 unspecified atom stereocenters. The number of ether oxygens (including phenoxy) is 2. The van der Waals surface area contributed by atoms with Gasteiger partial charge in [0, 0.05) is 6.04 Å². The van der Waals surface area contributed by atoms with E-state index < -0.39 is 21.9 Å². The third-order valence-electron chi connectivity index (χ3n) is 4.22. The molecule has 30 heavy (non-hydrogen) atoms. The first-order chi connectivity index (χ1) is 14.1. The summed E-state index contributed by atoms with van der Waals surface area (Å²) in [4.78, 5) is 24.4. The summed E-state index contributed by atoms with van der Waals surface area (Å²) in [5, 5.41) is 2.72. The maximum Gasteiger partial charge on any atom is 0.338 e. The van der Waals surface area contributed by atoms with Gasteiger partial charge in [0.1, 0.15) is 5.75 Å². The number of nitrogens with one attached hydrogen (secondary N) is 2. The van der Waals surface area contributed by atoms with E-state index in [1.54, 1.807) is 45.9 Å². The Morgan fingerprint density at radius 1 is 1.10 bits per heavy atom. The molecule has 0 aliphatic carbocycles. The topological polar surface area (TPSA) is 111 Å². The highest BCUT2D eigenvalue weighted by Gasteiger charge is 2.22. The standard InChI is InChI=1S/C21H26N2O6S/c1-6-29-21(25)16-8-7-9-18(14(16)4)23-30(26,27)15-10-11-19(28-5)17(12-15)20(24)22-13(2)3/h7-13,23H,6H2,1-5H3,(H,22,24). The largest absolute Gasteiger partial charge is 0.496 e. The first-order valence-electron chi connectivity index (χ1n) is 9.39. The van der Waals surface area contributed by atoms with Gasteiger partial charge in [-0.1, -0.05) is 6.07 Å². The van der Waals surface area contributed by atoms with Crippen molar-refractivity contribution in [1.29, 1.82) is 0 Å². The van der Waals surface area contributed by atoms with Crippen LogP contribution in [0.1, 0.15) is 47.1 Å². The quantitative estimate of drug-likeness (QED) is 0.618. The monoisotopic (exact) mass is 434 g/mol. The zero-order valence-corrected chi connectivity index (χ0v) is 18.4. The Balaban J connectivity index is 2.42. The maximum atomic E-state index is 13.0. The van der Waals surface area contributed by atoms with Crippen LogP contribution < -0.4 is 14.8 Å². The molecule has 1 amide bonds. The summed E-state index contributed by atoms with van der Waals surface area (Å²) in [6.07, 6.45) is 0. The third kappa shape index (κ3) is 5.29. The maximum absolute atomic E-state index is 13.0. The van der Waals surface area contributed by atoms with Crippen LogP contribution in [0.3, 0.4) is 0 Å². The van der Waals surface area contributed by atoms with Crippen LogP contribution in [0.2, 0.25) is 0 Å². The second kappa shape index (κ2) is 9.62. The van der Waals surface area contributed by atoms with Crippen molar-refractivity contribution in [2.45, 2.75) is 38.6 Å². The van der Waals surface area contributed by atoms with Crippen molar-refractivity contribution in [1.82, 2.24) is 5.32 Å². The zero-order chi connectivity index (χ0) is 22.5. The molecule has 2 rings (SSSR count). The number of hydrogen-bond acceptors (Lipinski definition) is 6. The third-order valence-corrected chi connectivity index (χ3v) is 5.58. The number of sulfonamides is 1. The molecule has 2 aromatic rings. The van der Waals surface area contributed by atoms with Gasteiger partial charge in [-0.2, -0.15) is 0 Å². The number of methoxy groups -OCH3 is 1. The van der Waals surface area contributed by atoms with Crippen molar-refractivity contribution in [2.75, 3.05) is 18.4 Å². The van der Waals surface area contributed by atoms with E-state index in [1.807, 2.05) is 0 Å². The minimum atomic E-state index is -4.04. The highest BCUT2D eigenvalue weighted by atomic mass is 32.2. The Labute approximate surface area is 176 Å². The molecule has 9 heteroatoms. The molecule has 0 heterocycles. The predicted octanol–water partition coefficient (Wildman–Crippen LogP) is 3.12. The van der Waals surface area contributed by atoms with Gasteiger partial charge < -0.3 is 14.8 Å². The van der Waals surface area contributed by atoms with Crippen LogP contribution in [-0.2, 0) is 14.8 Å². The Hall–Kier alpha value is -3.07. The second-order valence-corrected chi connectivity index (χ2v) is 8.48. The number of amides is 1. The van der Waals surface area contributed by atoms with Gasteiger partial charge >= 0.3 is 5.97 Å². The summed E-state index contributed by atoms with van der Waals surface area (Å²) in [7, 11) is -2.64. The van der Waals surface area contributed by atoms with Crippen LogP contribution in [0.15, 0.2) is 41.3 Å². The minimum absolute atomic E-state index is 0.103. The first kappa shape index (κ1) is 23.2. The molecule has 0 saturated heterocycles. The SMILES string of the molecule is CCOC(=O)c1cccc(NS(=O)(=O)c2ccc(OC)c(C(=O)NC(C)C)c2)c1C. The lowest BCUT2D eigenvalue weighted by Crippen LogP contribution is -2.30. The smallest absolute Gasteiger partial charge is 0.338 e. The minimum Gasteiger partial charge on any atom is -0.496 e. The molecule has 0 saturated carbocycles. The fourth-order valence-corrected chi connectivity index (χ4v) is 3.90. The van der Waals surface area contributed by atoms with Gasteiger partial charge in [-0.05, 0) is 63.6 Å². The lowest BCUT2D eigenvalue weighted by molar-refractivity contribution is 0.0525. The summed E-state index contributed by atoms with van der Waals surface area (Å²) < 4.78 is 38.6. The lowest BCUT2D eigenvalue weighted by atomic mass is 10.1. The molecule has 0 radical (unpaired) electrons. The van der Waals surface area contributed by atoms with E-state index >= 15 is 0 Å². The number of hydrogen-bond donors (Lipinski definition) is 2. The van der Waals surface area contributed by atoms with E-state index in [9.17, 15) is 18.0 Å². The molecule has 162 valence electrons. The van der Waals surface area contributed by atoms with Gasteiger partial charge in [0.25, 0.3) is 15.9 Å². The number of esters is 1. The molecule has 0 fully saturated rings.